The van der Waals surface area contributed by atoms with Gasteiger partial charge in [0, 0.05) is 13.5 Å². The summed E-state index contributed by atoms with van der Waals surface area (Å²) in [6.07, 6.45) is 0.986. The maximum Gasteiger partial charge on any atom is 0.410 e. The third-order valence-electron chi connectivity index (χ3n) is 5.22. The lowest BCUT2D eigenvalue weighted by atomic mass is 9.98. The third kappa shape index (κ3) is 10.6. The molecule has 0 rings (SSSR count). The van der Waals surface area contributed by atoms with Gasteiger partial charge in [-0.05, 0) is 57.2 Å². The van der Waals surface area contributed by atoms with E-state index in [1.165, 1.54) is 0 Å². The fourth-order valence-corrected chi connectivity index (χ4v) is 3.70. The molecule has 0 aromatic heterocycles. The largest absolute Gasteiger partial charge is 0.444 e. The fourth-order valence-electron chi connectivity index (χ4n) is 2.50. The van der Waals surface area contributed by atoms with Gasteiger partial charge in [-0.1, -0.05) is 54.4 Å². The van der Waals surface area contributed by atoms with Crippen molar-refractivity contribution in [3.05, 3.63) is 0 Å². The van der Waals surface area contributed by atoms with Gasteiger partial charge >= 0.3 is 6.09 Å². The highest BCUT2D eigenvalue weighted by Gasteiger charge is 2.42. The Hall–Kier alpha value is -0.993. The Labute approximate surface area is 182 Å². The van der Waals surface area contributed by atoms with Crippen LogP contribution in [-0.2, 0) is 9.16 Å². The zero-order chi connectivity index (χ0) is 23.2. The first kappa shape index (κ1) is 28.0. The second-order valence-electron chi connectivity index (χ2n) is 11.5. The van der Waals surface area contributed by atoms with E-state index in [1.807, 2.05) is 27.8 Å². The molecule has 0 aliphatic carbocycles. The summed E-state index contributed by atoms with van der Waals surface area (Å²) < 4.78 is 12.4. The molecule has 0 saturated heterocycles. The van der Waals surface area contributed by atoms with Crippen LogP contribution in [0, 0.1) is 23.7 Å². The molecule has 5 heteroatoms. The highest BCUT2D eigenvalue weighted by molar-refractivity contribution is 6.74. The minimum Gasteiger partial charge on any atom is -0.444 e. The molecular formula is C24H47NO3Si. The summed E-state index contributed by atoms with van der Waals surface area (Å²) in [5.41, 5.74) is -0.535. The molecule has 0 spiro atoms. The van der Waals surface area contributed by atoms with E-state index in [1.54, 1.807) is 4.90 Å². The Kier molecular flexibility index (Phi) is 10.5. The summed E-state index contributed by atoms with van der Waals surface area (Å²) in [4.78, 5) is 14.5. The number of hydrogen-bond acceptors (Lipinski definition) is 3. The zero-order valence-corrected chi connectivity index (χ0v) is 22.4. The molecule has 0 bridgehead atoms. The molecule has 0 aromatic carbocycles. The summed E-state index contributed by atoms with van der Waals surface area (Å²) in [7, 11) is -0.255. The van der Waals surface area contributed by atoms with E-state index in [2.05, 4.69) is 73.4 Å². The van der Waals surface area contributed by atoms with E-state index >= 15 is 0 Å². The van der Waals surface area contributed by atoms with Crippen LogP contribution in [0.15, 0.2) is 0 Å². The summed E-state index contributed by atoms with van der Waals surface area (Å²) in [6.45, 7) is 25.5. The Morgan fingerprint density at radius 2 is 1.52 bits per heavy atom. The molecule has 0 fully saturated rings. The highest BCUT2D eigenvalue weighted by atomic mass is 28.4. The number of amides is 1. The molecule has 1 amide bonds. The molecule has 4 nitrogen and oxygen atoms in total. The molecule has 0 heterocycles. The van der Waals surface area contributed by atoms with E-state index in [-0.39, 0.29) is 23.3 Å². The first-order valence-corrected chi connectivity index (χ1v) is 13.9. The molecule has 0 aliphatic heterocycles. The molecule has 170 valence electrons. The maximum atomic E-state index is 12.8. The lowest BCUT2D eigenvalue weighted by Gasteiger charge is -2.42. The monoisotopic (exact) mass is 425 g/mol. The molecule has 0 N–H and O–H groups in total. The quantitative estimate of drug-likeness (QED) is 0.336. The normalized spacial score (nSPS) is 15.0. The van der Waals surface area contributed by atoms with Crippen LogP contribution in [0.2, 0.25) is 18.1 Å². The average Bonchev–Trinajstić information content (AvgIpc) is 2.47. The predicted molar refractivity (Wildman–Crippen MR) is 127 cm³/mol. The number of ether oxygens (including phenoxy) is 1. The molecule has 0 aliphatic rings. The topological polar surface area (TPSA) is 38.8 Å². The van der Waals surface area contributed by atoms with E-state index in [0.717, 1.165) is 12.8 Å². The Morgan fingerprint density at radius 3 is 1.90 bits per heavy atom. The highest BCUT2D eigenvalue weighted by Crippen LogP contribution is 2.38. The molecule has 0 unspecified atom stereocenters. The molecule has 2 atom stereocenters. The number of likely N-dealkylation sites (N-methyl/N-ethyl adjacent to an activating group) is 1. The first-order valence-electron chi connectivity index (χ1n) is 11.0. The van der Waals surface area contributed by atoms with E-state index in [4.69, 9.17) is 9.16 Å². The van der Waals surface area contributed by atoms with Gasteiger partial charge < -0.3 is 14.1 Å². The summed E-state index contributed by atoms with van der Waals surface area (Å²) in [6, 6.07) is -0.154. The maximum absolute atomic E-state index is 12.8. The van der Waals surface area contributed by atoms with Gasteiger partial charge in [-0.15, -0.1) is 5.92 Å². The predicted octanol–water partition coefficient (Wildman–Crippen LogP) is 6.71. The minimum absolute atomic E-state index is 0.0673. The Bertz CT molecular complexity index is 574. The van der Waals surface area contributed by atoms with Crippen LogP contribution in [0.5, 0.6) is 0 Å². The van der Waals surface area contributed by atoms with E-state index < -0.39 is 13.9 Å². The van der Waals surface area contributed by atoms with Gasteiger partial charge in [0.05, 0.1) is 6.04 Å². The number of carbonyl (C=O) groups is 1. The smallest absolute Gasteiger partial charge is 0.410 e. The molecular weight excluding hydrogens is 378 g/mol. The molecule has 0 aromatic rings. The lowest BCUT2D eigenvalue weighted by molar-refractivity contribution is 0.00841. The number of nitrogens with zero attached hydrogens (tertiary/aromatic N) is 1. The molecule has 0 radical (unpaired) electrons. The van der Waals surface area contributed by atoms with E-state index in [9.17, 15) is 4.79 Å². The summed E-state index contributed by atoms with van der Waals surface area (Å²) in [5, 5.41) is 0.0673. The van der Waals surface area contributed by atoms with Crippen molar-refractivity contribution >= 4 is 14.4 Å². The Morgan fingerprint density at radius 1 is 1.00 bits per heavy atom. The van der Waals surface area contributed by atoms with Gasteiger partial charge in [0.15, 0.2) is 8.32 Å². The van der Waals surface area contributed by atoms with Gasteiger partial charge in [-0.2, -0.15) is 0 Å². The lowest BCUT2D eigenvalue weighted by Crippen LogP contribution is -2.53. The first-order chi connectivity index (χ1) is 12.9. The van der Waals surface area contributed by atoms with E-state index in [0.29, 0.717) is 11.8 Å². The van der Waals surface area contributed by atoms with Gasteiger partial charge in [0.25, 0.3) is 0 Å². The van der Waals surface area contributed by atoms with Crippen LogP contribution in [-0.4, -0.2) is 44.1 Å². The van der Waals surface area contributed by atoms with Gasteiger partial charge in [0.2, 0.25) is 0 Å². The van der Waals surface area contributed by atoms with Crippen LogP contribution in [0.25, 0.3) is 0 Å². The molecule has 0 saturated carbocycles. The average molecular weight is 426 g/mol. The van der Waals surface area contributed by atoms with Gasteiger partial charge in [-0.25, -0.2) is 4.79 Å². The zero-order valence-electron chi connectivity index (χ0n) is 21.4. The van der Waals surface area contributed by atoms with Crippen molar-refractivity contribution in [2.24, 2.45) is 11.8 Å². The fraction of sp³-hybridized carbons (Fsp3) is 0.875. The third-order valence-corrected chi connectivity index (χ3v) is 9.68. The number of hydrogen-bond donors (Lipinski definition) is 0. The SMILES string of the molecule is CC(C)CC#C[C@H](O[Si](C)(C)C(C)(C)C)[C@H](CC(C)C)N(C)C(=O)OC(C)(C)C. The summed E-state index contributed by atoms with van der Waals surface area (Å²) >= 11 is 0. The van der Waals surface area contributed by atoms with Crippen molar-refractivity contribution in [3.8, 4) is 11.8 Å². The second kappa shape index (κ2) is 10.9. The molecule has 29 heavy (non-hydrogen) atoms. The van der Waals surface area contributed by atoms with Crippen molar-refractivity contribution in [1.29, 1.82) is 0 Å². The van der Waals surface area contributed by atoms with Crippen molar-refractivity contribution < 1.29 is 14.0 Å². The summed E-state index contributed by atoms with van der Waals surface area (Å²) in [5.74, 6) is 7.63. The second-order valence-corrected chi connectivity index (χ2v) is 16.3. The van der Waals surface area contributed by atoms with Crippen molar-refractivity contribution in [2.45, 2.75) is 118 Å². The van der Waals surface area contributed by atoms with Crippen LogP contribution in [0.1, 0.15) is 82.1 Å². The van der Waals surface area contributed by atoms with Gasteiger partial charge in [-0.3, -0.25) is 0 Å². The standard InChI is InChI=1S/C24H47NO3Si/c1-18(2)15-14-16-21(28-29(12,13)24(8,9)10)20(17-19(3)4)25(11)22(26)27-23(5,6)7/h18-21H,15,17H2,1-13H3/t20-,21-/m0/s1. The van der Waals surface area contributed by atoms with Crippen molar-refractivity contribution in [1.82, 2.24) is 4.90 Å². The van der Waals surface area contributed by atoms with Crippen LogP contribution in [0.3, 0.4) is 0 Å². The minimum atomic E-state index is -2.07. The van der Waals surface area contributed by atoms with Crippen LogP contribution >= 0.6 is 0 Å². The van der Waals surface area contributed by atoms with Crippen molar-refractivity contribution in [3.63, 3.8) is 0 Å². The van der Waals surface area contributed by atoms with Crippen LogP contribution in [0.4, 0.5) is 4.79 Å². The number of rotatable bonds is 7. The number of carbonyl (C=O) groups excluding carboxylic acids is 1. The van der Waals surface area contributed by atoms with Crippen molar-refractivity contribution in [2.75, 3.05) is 7.05 Å². The Balaban J connectivity index is 6.00. The van der Waals surface area contributed by atoms with Crippen LogP contribution < -0.4 is 0 Å². The van der Waals surface area contributed by atoms with Gasteiger partial charge in [0.1, 0.15) is 11.7 Å².